The van der Waals surface area contributed by atoms with Crippen LogP contribution < -0.4 is 5.32 Å². The molecular weight excluding hydrogens is 475 g/mol. The molecule has 1 amide bonds. The highest BCUT2D eigenvalue weighted by Gasteiger charge is 2.38. The molecule has 1 aliphatic heterocycles. The number of benzene rings is 1. The number of halogens is 3. The number of amides is 1. The molecule has 0 spiro atoms. The maximum absolute atomic E-state index is 13.2. The first-order chi connectivity index (χ1) is 15.8. The summed E-state index contributed by atoms with van der Waals surface area (Å²) in [5, 5.41) is 10.3. The number of piperazine rings is 1. The number of sulfonamides is 1. The van der Waals surface area contributed by atoms with Crippen LogP contribution in [0.4, 0.5) is 13.2 Å². The van der Waals surface area contributed by atoms with E-state index in [1.54, 1.807) is 17.0 Å². The van der Waals surface area contributed by atoms with E-state index in [1.165, 1.54) is 4.31 Å². The van der Waals surface area contributed by atoms with E-state index in [2.05, 4.69) is 26.1 Å². The summed E-state index contributed by atoms with van der Waals surface area (Å²) in [6, 6.07) is 7.04. The molecule has 0 unspecified atom stereocenters. The average molecular weight is 510 g/mol. The predicted molar refractivity (Wildman–Crippen MR) is 122 cm³/mol. The molecular formula is C22H34F3N3O5S. The Balaban J connectivity index is 0.000000718. The van der Waals surface area contributed by atoms with Gasteiger partial charge in [0.25, 0.3) is 0 Å². The molecule has 0 bridgehead atoms. The van der Waals surface area contributed by atoms with Crippen LogP contribution in [0.1, 0.15) is 51.5 Å². The maximum Gasteiger partial charge on any atom is 0.490 e. The minimum atomic E-state index is -5.08. The highest BCUT2D eigenvalue weighted by molar-refractivity contribution is 7.89. The van der Waals surface area contributed by atoms with Crippen LogP contribution in [0.3, 0.4) is 0 Å². The van der Waals surface area contributed by atoms with Gasteiger partial charge in [0.2, 0.25) is 15.9 Å². The molecule has 1 aliphatic rings. The first kappa shape index (κ1) is 29.9. The number of hydrogen-bond donors (Lipinski definition) is 2. The number of carbonyl (C=O) groups excluding carboxylic acids is 1. The van der Waals surface area contributed by atoms with Crippen LogP contribution in [0.5, 0.6) is 0 Å². The van der Waals surface area contributed by atoms with Crippen LogP contribution in [0.15, 0.2) is 29.2 Å². The van der Waals surface area contributed by atoms with Gasteiger partial charge in [-0.15, -0.1) is 0 Å². The second-order valence-electron chi connectivity index (χ2n) is 8.20. The van der Waals surface area contributed by atoms with E-state index in [1.807, 2.05) is 12.1 Å². The van der Waals surface area contributed by atoms with Crippen LogP contribution in [0.25, 0.3) is 0 Å². The summed E-state index contributed by atoms with van der Waals surface area (Å²) in [6.45, 7) is 9.29. The highest BCUT2D eigenvalue weighted by atomic mass is 32.2. The Kier molecular flexibility index (Phi) is 12.0. The van der Waals surface area contributed by atoms with Crippen LogP contribution in [0.2, 0.25) is 0 Å². The molecule has 0 aromatic heterocycles. The number of nitrogens with one attached hydrogen (secondary N) is 1. The van der Waals surface area contributed by atoms with Crippen molar-refractivity contribution in [1.29, 1.82) is 0 Å². The number of unbranched alkanes of at least 4 members (excludes halogenated alkanes) is 2. The molecule has 194 valence electrons. The van der Waals surface area contributed by atoms with Gasteiger partial charge in [0, 0.05) is 32.7 Å². The van der Waals surface area contributed by atoms with Crippen molar-refractivity contribution in [3.05, 3.63) is 29.8 Å². The Morgan fingerprint density at radius 1 is 1.12 bits per heavy atom. The Labute approximate surface area is 199 Å². The summed E-state index contributed by atoms with van der Waals surface area (Å²) in [6.07, 6.45) is -2.38. The lowest BCUT2D eigenvalue weighted by atomic mass is 10.0. The number of hydrogen-bond acceptors (Lipinski definition) is 5. The molecule has 1 saturated heterocycles. The van der Waals surface area contributed by atoms with Gasteiger partial charge in [-0.05, 0) is 30.0 Å². The molecule has 8 nitrogen and oxygen atoms in total. The topological polar surface area (TPSA) is 107 Å². The third-order valence-electron chi connectivity index (χ3n) is 5.22. The van der Waals surface area contributed by atoms with Gasteiger partial charge in [-0.3, -0.25) is 4.79 Å². The molecule has 1 aromatic carbocycles. The molecule has 0 aliphatic carbocycles. The normalized spacial score (nSPS) is 14.6. The molecule has 0 atom stereocenters. The van der Waals surface area contributed by atoms with E-state index >= 15 is 0 Å². The summed E-state index contributed by atoms with van der Waals surface area (Å²) in [5.74, 6) is -2.53. The largest absolute Gasteiger partial charge is 0.490 e. The molecule has 1 fully saturated rings. The second kappa shape index (κ2) is 13.6. The Morgan fingerprint density at radius 3 is 2.09 bits per heavy atom. The number of carboxylic acids is 1. The first-order valence-electron chi connectivity index (χ1n) is 11.2. The van der Waals surface area contributed by atoms with Crippen molar-refractivity contribution < 1.29 is 36.3 Å². The summed E-state index contributed by atoms with van der Waals surface area (Å²) in [4.78, 5) is 23.6. The lowest BCUT2D eigenvalue weighted by Gasteiger charge is -2.30. The number of carbonyl (C=O) groups is 2. The zero-order valence-corrected chi connectivity index (χ0v) is 20.6. The van der Waals surface area contributed by atoms with Crippen molar-refractivity contribution >= 4 is 21.9 Å². The van der Waals surface area contributed by atoms with E-state index in [0.717, 1.165) is 37.9 Å². The number of nitrogens with zero attached hydrogens (tertiary/aromatic N) is 2. The van der Waals surface area contributed by atoms with E-state index in [4.69, 9.17) is 9.90 Å². The van der Waals surface area contributed by atoms with Gasteiger partial charge in [0.1, 0.15) is 0 Å². The monoisotopic (exact) mass is 509 g/mol. The van der Waals surface area contributed by atoms with Gasteiger partial charge >= 0.3 is 12.1 Å². The van der Waals surface area contributed by atoms with Gasteiger partial charge in [0.05, 0.1) is 11.4 Å². The van der Waals surface area contributed by atoms with Gasteiger partial charge in [0.15, 0.2) is 0 Å². The molecule has 2 rings (SSSR count). The fourth-order valence-corrected chi connectivity index (χ4v) is 4.59. The highest BCUT2D eigenvalue weighted by Crippen LogP contribution is 2.21. The third kappa shape index (κ3) is 9.59. The number of aliphatic carboxylic acids is 1. The van der Waals surface area contributed by atoms with E-state index in [9.17, 15) is 26.4 Å². The van der Waals surface area contributed by atoms with Crippen LogP contribution in [-0.4, -0.2) is 80.1 Å². The van der Waals surface area contributed by atoms with Crippen molar-refractivity contribution in [1.82, 2.24) is 14.5 Å². The zero-order valence-electron chi connectivity index (χ0n) is 19.8. The molecule has 12 heteroatoms. The molecule has 0 saturated carbocycles. The van der Waals surface area contributed by atoms with Crippen LogP contribution >= 0.6 is 0 Å². The van der Waals surface area contributed by atoms with Gasteiger partial charge in [-0.1, -0.05) is 45.7 Å². The minimum Gasteiger partial charge on any atom is -0.475 e. The molecule has 34 heavy (non-hydrogen) atoms. The fourth-order valence-electron chi connectivity index (χ4n) is 3.16. The number of rotatable bonds is 9. The van der Waals surface area contributed by atoms with Crippen molar-refractivity contribution in [3.63, 3.8) is 0 Å². The van der Waals surface area contributed by atoms with Crippen LogP contribution in [0, 0.1) is 0 Å². The van der Waals surface area contributed by atoms with Crippen molar-refractivity contribution in [2.75, 3.05) is 39.3 Å². The Morgan fingerprint density at radius 2 is 1.65 bits per heavy atom. The predicted octanol–water partition coefficient (Wildman–Crippen LogP) is 3.06. The third-order valence-corrected chi connectivity index (χ3v) is 7.08. The molecule has 1 aromatic rings. The fraction of sp³-hybridized carbons (Fsp3) is 0.636. The van der Waals surface area contributed by atoms with Gasteiger partial charge < -0.3 is 15.3 Å². The smallest absolute Gasteiger partial charge is 0.475 e. The number of alkyl halides is 3. The van der Waals surface area contributed by atoms with Crippen molar-refractivity contribution in [2.24, 2.45) is 0 Å². The SMILES string of the molecule is CCCCCN(CC(=O)N1CCNCC1)S(=O)(=O)c1ccc(C(C)C)cc1.O=C(O)C(F)(F)F. The molecule has 1 heterocycles. The lowest BCUT2D eigenvalue weighted by Crippen LogP contribution is -2.50. The van der Waals surface area contributed by atoms with E-state index in [0.29, 0.717) is 25.6 Å². The quantitative estimate of drug-likeness (QED) is 0.496. The van der Waals surface area contributed by atoms with Gasteiger partial charge in [-0.2, -0.15) is 17.5 Å². The summed E-state index contributed by atoms with van der Waals surface area (Å²) in [7, 11) is -3.69. The second-order valence-corrected chi connectivity index (χ2v) is 10.1. The minimum absolute atomic E-state index is 0.0853. The van der Waals surface area contributed by atoms with Gasteiger partial charge in [-0.25, -0.2) is 13.2 Å². The van der Waals surface area contributed by atoms with Crippen molar-refractivity contribution in [3.8, 4) is 0 Å². The Bertz CT molecular complexity index is 884. The molecule has 0 radical (unpaired) electrons. The first-order valence-corrected chi connectivity index (χ1v) is 12.6. The van der Waals surface area contributed by atoms with Crippen molar-refractivity contribution in [2.45, 2.75) is 57.0 Å². The van der Waals surface area contributed by atoms with Crippen LogP contribution in [-0.2, 0) is 19.6 Å². The number of carboxylic acid groups (broad SMARTS) is 1. The summed E-state index contributed by atoms with van der Waals surface area (Å²) >= 11 is 0. The zero-order chi connectivity index (χ0) is 25.9. The lowest BCUT2D eigenvalue weighted by molar-refractivity contribution is -0.192. The maximum atomic E-state index is 13.2. The van der Waals surface area contributed by atoms with E-state index in [-0.39, 0.29) is 17.3 Å². The molecule has 2 N–H and O–H groups in total. The standard InChI is InChI=1S/C20H33N3O3S.C2HF3O2/c1-4-5-6-13-23(16-20(24)22-14-11-21-12-15-22)27(25,26)19-9-7-18(8-10-19)17(2)3;3-2(4,5)1(6)7/h7-10,17,21H,4-6,11-16H2,1-3H3;(H,6,7). The van der Waals surface area contributed by atoms with E-state index < -0.39 is 22.2 Å². The Hall–Kier alpha value is -2.18. The average Bonchev–Trinajstić information content (AvgIpc) is 2.78. The summed E-state index contributed by atoms with van der Waals surface area (Å²) < 4.78 is 59.4. The summed E-state index contributed by atoms with van der Waals surface area (Å²) in [5.41, 5.74) is 1.10.